The van der Waals surface area contributed by atoms with Crippen LogP contribution in [-0.2, 0) is 0 Å². The van der Waals surface area contributed by atoms with Crippen LogP contribution in [-0.4, -0.2) is 10.0 Å². The predicted molar refractivity (Wildman–Crippen MR) is 100 cm³/mol. The van der Waals surface area contributed by atoms with E-state index in [2.05, 4.69) is 46.1 Å². The number of hydrogen-bond acceptors (Lipinski definition) is 4. The van der Waals surface area contributed by atoms with E-state index in [1.807, 2.05) is 12.1 Å². The summed E-state index contributed by atoms with van der Waals surface area (Å²) in [6.07, 6.45) is 5.25. The topological polar surface area (TPSA) is 75.4 Å². The molecule has 2 N–H and O–H groups in total. The van der Waals surface area contributed by atoms with Crippen LogP contribution in [0.4, 0.5) is 11.4 Å². The minimum atomic E-state index is -0.424. The number of nitrogens with one attached hydrogen (secondary N) is 1. The van der Waals surface area contributed by atoms with Gasteiger partial charge in [-0.05, 0) is 64.8 Å². The van der Waals surface area contributed by atoms with Gasteiger partial charge in [0, 0.05) is 32.9 Å². The first kappa shape index (κ1) is 15.4. The molecule has 0 amide bonds. The molecular formula is C18H15IN2O3. The van der Waals surface area contributed by atoms with Crippen molar-refractivity contribution in [3.05, 3.63) is 73.4 Å². The molecular weight excluding hydrogens is 419 g/mol. The first-order chi connectivity index (χ1) is 11.5. The molecule has 6 heteroatoms. The first-order valence-electron chi connectivity index (χ1n) is 7.74. The van der Waals surface area contributed by atoms with Gasteiger partial charge in [-0.25, -0.2) is 0 Å². The van der Waals surface area contributed by atoms with E-state index >= 15 is 0 Å². The van der Waals surface area contributed by atoms with E-state index < -0.39 is 4.92 Å². The van der Waals surface area contributed by atoms with E-state index in [0.29, 0.717) is 5.56 Å². The summed E-state index contributed by atoms with van der Waals surface area (Å²) in [5, 5.41) is 24.9. The summed E-state index contributed by atoms with van der Waals surface area (Å²) < 4.78 is 1.18. The number of nitro benzene ring substituents is 1. The second kappa shape index (κ2) is 5.77. The van der Waals surface area contributed by atoms with Gasteiger partial charge in [0.05, 0.1) is 11.0 Å². The molecule has 0 spiro atoms. The van der Waals surface area contributed by atoms with Gasteiger partial charge in [-0.15, -0.1) is 0 Å². The van der Waals surface area contributed by atoms with Crippen molar-refractivity contribution in [3.8, 4) is 5.75 Å². The molecule has 3 atom stereocenters. The van der Waals surface area contributed by atoms with Crippen molar-refractivity contribution in [1.82, 2.24) is 0 Å². The number of fused-ring (bicyclic) bond motifs is 3. The Morgan fingerprint density at radius 1 is 1.21 bits per heavy atom. The summed E-state index contributed by atoms with van der Waals surface area (Å²) in [7, 11) is 0. The highest BCUT2D eigenvalue weighted by atomic mass is 127. The highest BCUT2D eigenvalue weighted by Gasteiger charge is 2.39. The maximum Gasteiger partial charge on any atom is 0.270 e. The Hall–Kier alpha value is -2.09. The van der Waals surface area contributed by atoms with Crippen molar-refractivity contribution < 1.29 is 10.0 Å². The van der Waals surface area contributed by atoms with Gasteiger partial charge in [0.25, 0.3) is 5.69 Å². The van der Waals surface area contributed by atoms with Crippen LogP contribution in [0.15, 0.2) is 48.6 Å². The minimum absolute atomic E-state index is 0.000475. The van der Waals surface area contributed by atoms with E-state index in [1.54, 1.807) is 0 Å². The smallest absolute Gasteiger partial charge is 0.270 e. The van der Waals surface area contributed by atoms with Gasteiger partial charge >= 0.3 is 0 Å². The van der Waals surface area contributed by atoms with Crippen LogP contribution in [0, 0.1) is 19.6 Å². The lowest BCUT2D eigenvalue weighted by Gasteiger charge is -2.37. The molecule has 2 aliphatic rings. The number of hydrogen-bond donors (Lipinski definition) is 2. The van der Waals surface area contributed by atoms with Crippen LogP contribution in [0.1, 0.15) is 29.5 Å². The molecule has 0 aromatic heterocycles. The number of non-ortho nitro benzene ring substituents is 1. The molecule has 1 aliphatic heterocycles. The average Bonchev–Trinajstić information content (AvgIpc) is 3.04. The van der Waals surface area contributed by atoms with Crippen molar-refractivity contribution in [1.29, 1.82) is 0 Å². The van der Waals surface area contributed by atoms with Gasteiger partial charge in [-0.2, -0.15) is 0 Å². The van der Waals surface area contributed by atoms with E-state index in [-0.39, 0.29) is 29.3 Å². The van der Waals surface area contributed by atoms with Crippen molar-refractivity contribution in [2.45, 2.75) is 18.4 Å². The maximum atomic E-state index is 11.1. The molecule has 1 aliphatic carbocycles. The molecule has 2 aromatic carbocycles. The van der Waals surface area contributed by atoms with E-state index in [9.17, 15) is 15.2 Å². The number of halogens is 1. The number of benzene rings is 2. The third-order valence-electron chi connectivity index (χ3n) is 4.88. The standard InChI is InChI=1S/C18H15IN2O3/c19-10-4-6-16-14(8-10)12-2-1-3-13(12)18(20-16)15-9-11(21(23)24)5-7-17(15)22/h1-2,4-9,12-13,18,20,22H,3H2. The number of nitro groups is 1. The monoisotopic (exact) mass is 434 g/mol. The average molecular weight is 434 g/mol. The SMILES string of the molecule is O=[N+]([O-])c1ccc(O)c(C2Nc3ccc(I)cc3C3C=CCC32)c1. The molecule has 3 unspecified atom stereocenters. The fourth-order valence-electron chi connectivity index (χ4n) is 3.78. The van der Waals surface area contributed by atoms with Crippen molar-refractivity contribution in [2.75, 3.05) is 5.32 Å². The maximum absolute atomic E-state index is 11.1. The third-order valence-corrected chi connectivity index (χ3v) is 5.55. The molecule has 0 bridgehead atoms. The normalized spacial score (nSPS) is 24.1. The molecule has 122 valence electrons. The van der Waals surface area contributed by atoms with Crippen LogP contribution in [0.2, 0.25) is 0 Å². The van der Waals surface area contributed by atoms with Crippen molar-refractivity contribution in [2.24, 2.45) is 5.92 Å². The molecule has 1 heterocycles. The molecule has 2 aromatic rings. The zero-order valence-electron chi connectivity index (χ0n) is 12.6. The number of phenols is 1. The molecule has 0 saturated heterocycles. The Balaban J connectivity index is 1.81. The van der Waals surface area contributed by atoms with Crippen LogP contribution < -0.4 is 5.32 Å². The van der Waals surface area contributed by atoms with Crippen molar-refractivity contribution in [3.63, 3.8) is 0 Å². The molecule has 0 fully saturated rings. The van der Waals surface area contributed by atoms with Gasteiger partial charge in [0.1, 0.15) is 5.75 Å². The molecule has 5 nitrogen and oxygen atoms in total. The van der Waals surface area contributed by atoms with E-state index in [0.717, 1.165) is 12.1 Å². The Morgan fingerprint density at radius 2 is 2.04 bits per heavy atom. The summed E-state index contributed by atoms with van der Waals surface area (Å²) in [6, 6.07) is 10.3. The quantitative estimate of drug-likeness (QED) is 0.310. The Bertz CT molecular complexity index is 865. The van der Waals surface area contributed by atoms with Gasteiger partial charge < -0.3 is 10.4 Å². The molecule has 0 saturated carbocycles. The largest absolute Gasteiger partial charge is 0.508 e. The number of anilines is 1. The summed E-state index contributed by atoms with van der Waals surface area (Å²) >= 11 is 2.31. The van der Waals surface area contributed by atoms with Gasteiger partial charge in [-0.1, -0.05) is 12.2 Å². The summed E-state index contributed by atoms with van der Waals surface area (Å²) in [5.74, 6) is 0.598. The summed E-state index contributed by atoms with van der Waals surface area (Å²) in [6.45, 7) is 0. The number of allylic oxidation sites excluding steroid dienone is 2. The van der Waals surface area contributed by atoms with E-state index in [4.69, 9.17) is 0 Å². The van der Waals surface area contributed by atoms with Gasteiger partial charge in [0.2, 0.25) is 0 Å². The molecule has 0 radical (unpaired) electrons. The lowest BCUT2D eigenvalue weighted by atomic mass is 9.77. The third kappa shape index (κ3) is 2.45. The molecule has 4 rings (SSSR count). The fraction of sp³-hybridized carbons (Fsp3) is 0.222. The second-order valence-corrected chi connectivity index (χ2v) is 7.45. The number of nitrogens with zero attached hydrogens (tertiary/aromatic N) is 1. The summed E-state index contributed by atoms with van der Waals surface area (Å²) in [5.41, 5.74) is 2.87. The Morgan fingerprint density at radius 3 is 2.83 bits per heavy atom. The highest BCUT2D eigenvalue weighted by molar-refractivity contribution is 14.1. The zero-order chi connectivity index (χ0) is 16.8. The minimum Gasteiger partial charge on any atom is -0.508 e. The van der Waals surface area contributed by atoms with E-state index in [1.165, 1.54) is 27.3 Å². The molecule has 24 heavy (non-hydrogen) atoms. The van der Waals surface area contributed by atoms with Crippen LogP contribution >= 0.6 is 22.6 Å². The fourth-order valence-corrected chi connectivity index (χ4v) is 4.29. The van der Waals surface area contributed by atoms with Crippen LogP contribution in [0.5, 0.6) is 5.75 Å². The van der Waals surface area contributed by atoms with Crippen molar-refractivity contribution >= 4 is 34.0 Å². The lowest BCUT2D eigenvalue weighted by Crippen LogP contribution is -2.29. The second-order valence-electron chi connectivity index (χ2n) is 6.21. The summed E-state index contributed by atoms with van der Waals surface area (Å²) in [4.78, 5) is 10.7. The Kier molecular flexibility index (Phi) is 3.71. The lowest BCUT2D eigenvalue weighted by molar-refractivity contribution is -0.385. The number of rotatable bonds is 2. The van der Waals surface area contributed by atoms with Crippen LogP contribution in [0.25, 0.3) is 0 Å². The Labute approximate surface area is 152 Å². The predicted octanol–water partition coefficient (Wildman–Crippen LogP) is 4.73. The first-order valence-corrected chi connectivity index (χ1v) is 8.82. The van der Waals surface area contributed by atoms with Gasteiger partial charge in [-0.3, -0.25) is 10.1 Å². The van der Waals surface area contributed by atoms with Crippen LogP contribution in [0.3, 0.4) is 0 Å². The number of aromatic hydroxyl groups is 1. The van der Waals surface area contributed by atoms with Gasteiger partial charge in [0.15, 0.2) is 0 Å². The highest BCUT2D eigenvalue weighted by Crippen LogP contribution is 2.51. The zero-order valence-corrected chi connectivity index (χ0v) is 14.8. The number of phenolic OH excluding ortho intramolecular Hbond substituents is 1.